The van der Waals surface area contributed by atoms with Crippen LogP contribution in [0, 0.1) is 5.92 Å². The molecule has 2 aliphatic rings. The third-order valence-electron chi connectivity index (χ3n) is 4.15. The molecule has 5 heteroatoms. The molecule has 1 amide bonds. The van der Waals surface area contributed by atoms with Gasteiger partial charge in [0.05, 0.1) is 5.92 Å². The SMILES string of the molecule is O=C(NCc1ccc2c(c1)OCO2)[C@@H]1COc2ccccc2C1. The maximum atomic E-state index is 12.4. The summed E-state index contributed by atoms with van der Waals surface area (Å²) >= 11 is 0. The van der Waals surface area contributed by atoms with Crippen molar-refractivity contribution in [2.75, 3.05) is 13.4 Å². The fourth-order valence-electron chi connectivity index (χ4n) is 2.88. The molecule has 5 nitrogen and oxygen atoms in total. The molecule has 0 aliphatic carbocycles. The number of nitrogens with one attached hydrogen (secondary N) is 1. The fourth-order valence-corrected chi connectivity index (χ4v) is 2.88. The van der Waals surface area contributed by atoms with Crippen LogP contribution in [0.3, 0.4) is 0 Å². The zero-order valence-corrected chi connectivity index (χ0v) is 12.6. The van der Waals surface area contributed by atoms with Gasteiger partial charge in [-0.3, -0.25) is 4.79 Å². The van der Waals surface area contributed by atoms with Crippen LogP contribution in [0.15, 0.2) is 42.5 Å². The Labute approximate surface area is 134 Å². The van der Waals surface area contributed by atoms with Crippen molar-refractivity contribution in [2.24, 2.45) is 5.92 Å². The summed E-state index contributed by atoms with van der Waals surface area (Å²) in [5.74, 6) is 2.22. The van der Waals surface area contributed by atoms with E-state index in [9.17, 15) is 4.79 Å². The summed E-state index contributed by atoms with van der Waals surface area (Å²) in [4.78, 5) is 12.4. The number of carbonyl (C=O) groups is 1. The van der Waals surface area contributed by atoms with Gasteiger partial charge in [0, 0.05) is 6.54 Å². The molecule has 0 saturated heterocycles. The van der Waals surface area contributed by atoms with Gasteiger partial charge in [-0.15, -0.1) is 0 Å². The Morgan fingerprint density at radius 3 is 2.87 bits per heavy atom. The molecule has 0 unspecified atom stereocenters. The van der Waals surface area contributed by atoms with Crippen LogP contribution in [0.2, 0.25) is 0 Å². The van der Waals surface area contributed by atoms with E-state index in [0.29, 0.717) is 19.6 Å². The number of para-hydroxylation sites is 1. The minimum absolute atomic E-state index is 0.0113. The normalized spacial score (nSPS) is 18.0. The average molecular weight is 311 g/mol. The van der Waals surface area contributed by atoms with Gasteiger partial charge in [-0.2, -0.15) is 0 Å². The van der Waals surface area contributed by atoms with Gasteiger partial charge in [0.1, 0.15) is 12.4 Å². The molecule has 2 aromatic rings. The van der Waals surface area contributed by atoms with Crippen molar-refractivity contribution in [1.82, 2.24) is 5.32 Å². The smallest absolute Gasteiger partial charge is 0.231 e. The Balaban J connectivity index is 1.37. The molecule has 2 aliphatic heterocycles. The van der Waals surface area contributed by atoms with Crippen molar-refractivity contribution >= 4 is 5.91 Å². The second-order valence-electron chi connectivity index (χ2n) is 5.73. The number of ether oxygens (including phenoxy) is 3. The first-order chi connectivity index (χ1) is 11.3. The van der Waals surface area contributed by atoms with E-state index in [1.807, 2.05) is 42.5 Å². The van der Waals surface area contributed by atoms with Crippen molar-refractivity contribution in [3.05, 3.63) is 53.6 Å². The first kappa shape index (κ1) is 13.9. The van der Waals surface area contributed by atoms with Gasteiger partial charge in [-0.1, -0.05) is 24.3 Å². The second kappa shape index (κ2) is 5.83. The summed E-state index contributed by atoms with van der Waals surface area (Å²) in [5, 5.41) is 2.98. The molecule has 118 valence electrons. The summed E-state index contributed by atoms with van der Waals surface area (Å²) in [7, 11) is 0. The van der Waals surface area contributed by atoms with Crippen molar-refractivity contribution in [3.63, 3.8) is 0 Å². The molecule has 0 radical (unpaired) electrons. The molecule has 2 heterocycles. The van der Waals surface area contributed by atoms with E-state index in [4.69, 9.17) is 14.2 Å². The topological polar surface area (TPSA) is 56.8 Å². The number of rotatable bonds is 3. The van der Waals surface area contributed by atoms with E-state index >= 15 is 0 Å². The standard InChI is InChI=1S/C18H17NO4/c20-18(14-8-13-3-1-2-4-15(13)21-10-14)19-9-12-5-6-16-17(7-12)23-11-22-16/h1-7,14H,8-11H2,(H,19,20)/t14-/m0/s1. The predicted octanol–water partition coefficient (Wildman–Crippen LogP) is 2.28. The molecule has 1 atom stereocenters. The Hall–Kier alpha value is -2.69. The number of benzene rings is 2. The van der Waals surface area contributed by atoms with Crippen LogP contribution in [-0.2, 0) is 17.8 Å². The number of amides is 1. The molecule has 4 rings (SSSR count). The Bertz CT molecular complexity index is 744. The van der Waals surface area contributed by atoms with Gasteiger partial charge < -0.3 is 19.5 Å². The quantitative estimate of drug-likeness (QED) is 0.945. The molecule has 0 spiro atoms. The lowest BCUT2D eigenvalue weighted by Gasteiger charge is -2.24. The fraction of sp³-hybridized carbons (Fsp3) is 0.278. The van der Waals surface area contributed by atoms with Crippen LogP contribution in [0.5, 0.6) is 17.2 Å². The first-order valence-corrected chi connectivity index (χ1v) is 7.66. The maximum Gasteiger partial charge on any atom is 0.231 e. The van der Waals surface area contributed by atoms with Gasteiger partial charge >= 0.3 is 0 Å². The largest absolute Gasteiger partial charge is 0.492 e. The first-order valence-electron chi connectivity index (χ1n) is 7.66. The maximum absolute atomic E-state index is 12.4. The van der Waals surface area contributed by atoms with E-state index in [1.54, 1.807) is 0 Å². The number of carbonyl (C=O) groups excluding carboxylic acids is 1. The molecule has 23 heavy (non-hydrogen) atoms. The van der Waals surface area contributed by atoms with Gasteiger partial charge in [0.15, 0.2) is 11.5 Å². The van der Waals surface area contributed by atoms with Crippen LogP contribution in [0.1, 0.15) is 11.1 Å². The van der Waals surface area contributed by atoms with Crippen molar-refractivity contribution in [2.45, 2.75) is 13.0 Å². The minimum atomic E-state index is -0.154. The highest BCUT2D eigenvalue weighted by atomic mass is 16.7. The van der Waals surface area contributed by atoms with Crippen molar-refractivity contribution in [3.8, 4) is 17.2 Å². The number of hydrogen-bond donors (Lipinski definition) is 1. The molecule has 2 aromatic carbocycles. The summed E-state index contributed by atoms with van der Waals surface area (Å²) < 4.78 is 16.3. The molecule has 0 bridgehead atoms. The molecule has 1 N–H and O–H groups in total. The number of hydrogen-bond acceptors (Lipinski definition) is 4. The second-order valence-corrected chi connectivity index (χ2v) is 5.73. The van der Waals surface area contributed by atoms with Gasteiger partial charge in [-0.05, 0) is 35.7 Å². The molecule has 0 aromatic heterocycles. The van der Waals surface area contributed by atoms with Crippen LogP contribution < -0.4 is 19.5 Å². The van der Waals surface area contributed by atoms with Crippen LogP contribution in [-0.4, -0.2) is 19.3 Å². The van der Waals surface area contributed by atoms with E-state index in [-0.39, 0.29) is 18.6 Å². The number of fused-ring (bicyclic) bond motifs is 2. The van der Waals surface area contributed by atoms with Crippen molar-refractivity contribution < 1.29 is 19.0 Å². The predicted molar refractivity (Wildman–Crippen MR) is 83.5 cm³/mol. The summed E-state index contributed by atoms with van der Waals surface area (Å²) in [6.45, 7) is 1.14. The zero-order valence-electron chi connectivity index (χ0n) is 12.6. The summed E-state index contributed by atoms with van der Waals surface area (Å²) in [6.07, 6.45) is 0.711. The van der Waals surface area contributed by atoms with E-state index in [0.717, 1.165) is 28.4 Å². The van der Waals surface area contributed by atoms with Gasteiger partial charge in [-0.25, -0.2) is 0 Å². The van der Waals surface area contributed by atoms with E-state index in [2.05, 4.69) is 5.32 Å². The summed E-state index contributed by atoms with van der Waals surface area (Å²) in [5.41, 5.74) is 2.07. The van der Waals surface area contributed by atoms with E-state index < -0.39 is 0 Å². The van der Waals surface area contributed by atoms with Gasteiger partial charge in [0.2, 0.25) is 12.7 Å². The van der Waals surface area contributed by atoms with Crippen LogP contribution in [0.4, 0.5) is 0 Å². The third kappa shape index (κ3) is 2.82. The molecule has 0 fully saturated rings. The van der Waals surface area contributed by atoms with Crippen molar-refractivity contribution in [1.29, 1.82) is 0 Å². The Kier molecular flexibility index (Phi) is 3.54. The third-order valence-corrected chi connectivity index (χ3v) is 4.15. The Morgan fingerprint density at radius 1 is 1.04 bits per heavy atom. The molecular formula is C18H17NO4. The highest BCUT2D eigenvalue weighted by molar-refractivity contribution is 5.79. The average Bonchev–Trinajstić information content (AvgIpc) is 3.07. The highest BCUT2D eigenvalue weighted by Gasteiger charge is 2.25. The minimum Gasteiger partial charge on any atom is -0.492 e. The lowest BCUT2D eigenvalue weighted by atomic mass is 9.96. The van der Waals surface area contributed by atoms with Crippen LogP contribution >= 0.6 is 0 Å². The monoisotopic (exact) mass is 311 g/mol. The summed E-state index contributed by atoms with van der Waals surface area (Å²) in [6, 6.07) is 13.6. The van der Waals surface area contributed by atoms with E-state index in [1.165, 1.54) is 0 Å². The molecular weight excluding hydrogens is 294 g/mol. The van der Waals surface area contributed by atoms with Gasteiger partial charge in [0.25, 0.3) is 0 Å². The lowest BCUT2D eigenvalue weighted by Crippen LogP contribution is -2.37. The zero-order chi connectivity index (χ0) is 15.6. The molecule has 0 saturated carbocycles. The Morgan fingerprint density at radius 2 is 1.91 bits per heavy atom. The highest BCUT2D eigenvalue weighted by Crippen LogP contribution is 2.32. The van der Waals surface area contributed by atoms with Crippen LogP contribution in [0.25, 0.3) is 0 Å². The lowest BCUT2D eigenvalue weighted by molar-refractivity contribution is -0.126.